The van der Waals surface area contributed by atoms with Gasteiger partial charge in [-0.3, -0.25) is 0 Å². The fraction of sp³-hybridized carbons (Fsp3) is 0.800. The van der Waals surface area contributed by atoms with Crippen molar-refractivity contribution >= 4 is 0 Å². The van der Waals surface area contributed by atoms with Crippen LogP contribution in [0, 0.1) is 0 Å². The molecule has 34 atom stereocenters. The lowest BCUT2D eigenvalue weighted by molar-refractivity contribution is -0.254. The van der Waals surface area contributed by atoms with E-state index in [4.69, 9.17) is 56.8 Å². The van der Waals surface area contributed by atoms with Gasteiger partial charge >= 0.3 is 0 Å². The number of aliphatic hydroxyl groups is 24. The summed E-state index contributed by atoms with van der Waals surface area (Å²) in [5.41, 5.74) is -0.518. The summed E-state index contributed by atoms with van der Waals surface area (Å²) < 4.78 is 79.9. The number of nitrogens with zero attached hydrogens (tertiary/aromatic N) is 18. The number of aliphatic hydroxyl groups excluding tert-OH is 24. The topological polar surface area (TPSA) is 781 Å². The summed E-state index contributed by atoms with van der Waals surface area (Å²) in [6.07, 6.45) is -51.0. The number of hydrogen-bond donors (Lipinski definition) is 24. The van der Waals surface area contributed by atoms with Crippen molar-refractivity contribution in [1.29, 1.82) is 0 Å². The van der Waals surface area contributed by atoms with Gasteiger partial charge in [-0.2, -0.15) is 0 Å². The van der Waals surface area contributed by atoms with Crippen LogP contribution >= 0.6 is 0 Å². The highest BCUT2D eigenvalue weighted by Crippen LogP contribution is 2.36. The molecule has 0 saturated carbocycles. The Morgan fingerprint density at radius 1 is 0.246 bits per heavy atom. The largest absolute Gasteiger partial charge is 0.394 e. The molecule has 638 valence electrons. The first kappa shape index (κ1) is 86.7. The number of hydrogen-bond acceptors (Lipinski definition) is 48. The smallest absolute Gasteiger partial charge is 0.180 e. The second-order valence-corrected chi connectivity index (χ2v) is 27.7. The van der Waals surface area contributed by atoms with Crippen LogP contribution in [0.2, 0.25) is 0 Å². The zero-order valence-electron chi connectivity index (χ0n) is 59.7. The summed E-state index contributed by atoms with van der Waals surface area (Å²) >= 11 is 0. The molecule has 6 aliphatic rings. The Kier molecular flexibility index (Phi) is 29.2. The van der Waals surface area contributed by atoms with E-state index >= 15 is 0 Å². The second-order valence-electron chi connectivity index (χ2n) is 27.7. The number of rotatable bonds is 35. The van der Waals surface area contributed by atoms with Crippen molar-refractivity contribution in [3.63, 3.8) is 0 Å². The summed E-state index contributed by atoms with van der Waals surface area (Å²) in [7, 11) is 0. The Balaban J connectivity index is 0.952. The molecular formula is C60H92N18O36. The molecule has 0 radical (unpaired) electrons. The highest BCUT2D eigenvalue weighted by molar-refractivity contribution is 5.04. The Hall–Kier alpha value is -6.60. The molecular weight excluding hydrogens is 1550 g/mol. The van der Waals surface area contributed by atoms with Crippen LogP contribution in [0.1, 0.15) is 71.5 Å². The molecule has 54 nitrogen and oxygen atoms in total. The van der Waals surface area contributed by atoms with Gasteiger partial charge < -0.3 is 179 Å². The second kappa shape index (κ2) is 38.4. The molecule has 54 heteroatoms. The molecule has 6 fully saturated rings. The fourth-order valence-corrected chi connectivity index (χ4v) is 13.4. The lowest BCUT2D eigenvalue weighted by Crippen LogP contribution is -2.56. The molecule has 0 aliphatic carbocycles. The molecule has 0 unspecified atom stereocenters. The summed E-state index contributed by atoms with van der Waals surface area (Å²) in [6, 6.07) is 0. The van der Waals surface area contributed by atoms with Crippen molar-refractivity contribution in [2.45, 2.75) is 248 Å². The maximum atomic E-state index is 11.2. The van der Waals surface area contributed by atoms with Crippen LogP contribution in [-0.4, -0.2) is 436 Å². The van der Waals surface area contributed by atoms with E-state index in [1.165, 1.54) is 37.2 Å². The molecule has 24 N–H and O–H groups in total. The first-order valence-corrected chi connectivity index (χ1v) is 35.6. The molecule has 6 aliphatic heterocycles. The standard InChI is InChI=1S/C60H92N18O36/c79-7-27-35(85)41(91)47(97)55(109-27)73-1-21(61-67-73)13-103-19-33(105-15-23-3-75(69-63-23)57-49(99)43(93)37(87)29(9-81)111-57)53(107-17-25-5-77(71-65-25)59-51(101)45(95)39(89)31(11-83)113-59)54(108-18-26-6-78(72-66-26)60-52(102)46(96)40(90)32(12-84)114-60)34(106-16-24-4-76(70-64-24)58-50(100)44(94)38(88)30(10-82)112-58)20-104-14-22-2-74(68-62-22)56-48(98)42(92)36(86)28(8-80)110-56/h1-6,27-60,79-102H,7-20H2/t27-,28-,29-,30-,31-,32-,33-,34-,35-,36-,37-,38-,39-,40-,41+,42+,43+,44+,45+,46+,47+,48+,49+,50+,51+,52+,53-,54-,55+,56+,57+,58+,59+,60+/m1/s1. The van der Waals surface area contributed by atoms with E-state index < -0.39 is 301 Å². The minimum Gasteiger partial charge on any atom is -0.394 e. The van der Waals surface area contributed by atoms with Gasteiger partial charge in [-0.15, -0.1) is 30.6 Å². The third-order valence-electron chi connectivity index (χ3n) is 20.0. The average molecular weight is 1640 g/mol. The fourth-order valence-electron chi connectivity index (χ4n) is 13.4. The first-order chi connectivity index (χ1) is 54.7. The van der Waals surface area contributed by atoms with Gasteiger partial charge in [0.25, 0.3) is 0 Å². The van der Waals surface area contributed by atoms with Crippen molar-refractivity contribution in [2.24, 2.45) is 0 Å². The lowest BCUT2D eigenvalue weighted by Gasteiger charge is -2.39. The van der Waals surface area contributed by atoms with E-state index in [-0.39, 0.29) is 34.2 Å². The van der Waals surface area contributed by atoms with E-state index in [2.05, 4.69) is 61.9 Å². The van der Waals surface area contributed by atoms with Crippen molar-refractivity contribution in [3.05, 3.63) is 71.3 Å². The maximum absolute atomic E-state index is 11.2. The van der Waals surface area contributed by atoms with Crippen LogP contribution in [0.5, 0.6) is 0 Å². The Bertz CT molecular complexity index is 3670. The average Bonchev–Trinajstić information content (AvgIpc) is 1.62. The molecule has 6 aromatic rings. The van der Waals surface area contributed by atoms with Crippen LogP contribution in [0.15, 0.2) is 37.2 Å². The first-order valence-electron chi connectivity index (χ1n) is 35.6. The van der Waals surface area contributed by atoms with Crippen LogP contribution in [0.25, 0.3) is 0 Å². The van der Waals surface area contributed by atoms with Crippen LogP contribution in [0.4, 0.5) is 0 Å². The monoisotopic (exact) mass is 1640 g/mol. The van der Waals surface area contributed by atoms with Gasteiger partial charge in [-0.1, -0.05) is 31.3 Å². The van der Waals surface area contributed by atoms with Gasteiger partial charge in [0.15, 0.2) is 37.4 Å². The summed E-state index contributed by atoms with van der Waals surface area (Å²) in [4.78, 5) is 0. The van der Waals surface area contributed by atoms with Crippen molar-refractivity contribution < 1.29 is 179 Å². The predicted molar refractivity (Wildman–Crippen MR) is 348 cm³/mol. The van der Waals surface area contributed by atoms with Gasteiger partial charge in [0.05, 0.1) is 130 Å². The molecule has 6 saturated heterocycles. The van der Waals surface area contributed by atoms with Crippen molar-refractivity contribution in [1.82, 2.24) is 90.0 Å². The van der Waals surface area contributed by atoms with E-state index in [1.54, 1.807) is 0 Å². The highest BCUT2D eigenvalue weighted by Gasteiger charge is 2.52. The zero-order valence-corrected chi connectivity index (χ0v) is 59.7. The SMILES string of the molecule is OC[C@H]1O[C@H](n2cc(COC[C@@H](OCc3cn([C@H]4O[C@H](CO)[C@@H](O)[C@H](O)[C@@H]4O)nn3)[C@@H](OCc3cn([C@H]4O[C@H](CO)[C@@H](O)[C@H](O)[C@@H]4O)nn3)[C@H](OCc3cn([C@H]4O[C@H](CO)[C@@H](O)[C@H](O)[C@@H]4O)nn3)[C@@H](COCc3cn([C@H]4O[C@H](CO)[C@@H](O)[C@H](O)[C@@H]4O)nn3)OCc3cn([C@H]4O[C@H](CO)[C@@H](O)[C@H](O)[C@@H]4O)nn3)nn2)[C@@H](O)[C@@H](O)[C@@H]1O. The highest BCUT2D eigenvalue weighted by atomic mass is 16.6. The maximum Gasteiger partial charge on any atom is 0.180 e. The summed E-state index contributed by atoms with van der Waals surface area (Å²) in [6.45, 7) is -10.2. The molecule has 0 bridgehead atoms. The Morgan fingerprint density at radius 2 is 0.421 bits per heavy atom. The van der Waals surface area contributed by atoms with E-state index in [9.17, 15) is 123 Å². The van der Waals surface area contributed by atoms with Gasteiger partial charge in [-0.25, -0.2) is 28.1 Å². The molecule has 12 heterocycles. The van der Waals surface area contributed by atoms with Crippen LogP contribution in [0.3, 0.4) is 0 Å². The molecule has 0 aromatic carbocycles. The summed E-state index contributed by atoms with van der Waals surface area (Å²) in [5.74, 6) is 0. The Morgan fingerprint density at radius 3 is 0.605 bits per heavy atom. The van der Waals surface area contributed by atoms with Gasteiger partial charge in [-0.05, 0) is 0 Å². The minimum absolute atomic E-state index is 0.0272. The van der Waals surface area contributed by atoms with Crippen molar-refractivity contribution in [2.75, 3.05) is 52.9 Å². The third kappa shape index (κ3) is 18.8. The molecule has 0 spiro atoms. The zero-order chi connectivity index (χ0) is 81.7. The lowest BCUT2D eigenvalue weighted by atomic mass is 9.98. The molecule has 0 amide bonds. The van der Waals surface area contributed by atoms with Crippen LogP contribution in [-0.2, 0) is 96.5 Å². The Labute approximate surface area is 639 Å². The normalized spacial score (nSPS) is 37.5. The predicted octanol–water partition coefficient (Wildman–Crippen LogP) is -16.9. The van der Waals surface area contributed by atoms with Gasteiger partial charge in [0.1, 0.15) is 205 Å². The number of aromatic nitrogens is 18. The minimum atomic E-state index is -1.90. The van der Waals surface area contributed by atoms with E-state index in [0.717, 1.165) is 28.1 Å². The van der Waals surface area contributed by atoms with Crippen LogP contribution < -0.4 is 0 Å². The molecule has 114 heavy (non-hydrogen) atoms. The molecule has 6 aromatic heterocycles. The van der Waals surface area contributed by atoms with E-state index in [1.807, 2.05) is 0 Å². The quantitative estimate of drug-likeness (QED) is 0.0176. The number of ether oxygens (including phenoxy) is 12. The third-order valence-corrected chi connectivity index (χ3v) is 20.0. The van der Waals surface area contributed by atoms with Gasteiger partial charge in [0.2, 0.25) is 0 Å². The van der Waals surface area contributed by atoms with E-state index in [0.29, 0.717) is 0 Å². The summed E-state index contributed by atoms with van der Waals surface area (Å²) in [5, 5.41) is 304. The van der Waals surface area contributed by atoms with Gasteiger partial charge in [0, 0.05) is 0 Å². The molecule has 12 rings (SSSR count). The van der Waals surface area contributed by atoms with Crippen molar-refractivity contribution in [3.8, 4) is 0 Å².